The third-order valence-electron chi connectivity index (χ3n) is 2.75. The number of para-hydroxylation sites is 2. The summed E-state index contributed by atoms with van der Waals surface area (Å²) < 4.78 is 0. The van der Waals surface area contributed by atoms with Crippen LogP contribution in [0.5, 0.6) is 11.5 Å². The van der Waals surface area contributed by atoms with Gasteiger partial charge >= 0.3 is 0 Å². The van der Waals surface area contributed by atoms with Crippen molar-refractivity contribution in [3.05, 3.63) is 84.9 Å². The van der Waals surface area contributed by atoms with Gasteiger partial charge in [0, 0.05) is 5.56 Å². The molecule has 0 aliphatic rings. The first-order valence-electron chi connectivity index (χ1n) is 7.76. The SMILES string of the molecule is CCC.Oc1ccccc1.Oc1ccccc1-c1ccccc1. The van der Waals surface area contributed by atoms with Crippen LogP contribution in [0.15, 0.2) is 84.9 Å². The normalized spacial score (nSPS) is 8.96. The third kappa shape index (κ3) is 7.18. The van der Waals surface area contributed by atoms with E-state index in [-0.39, 0.29) is 0 Å². The Morgan fingerprint density at radius 1 is 0.609 bits per heavy atom. The van der Waals surface area contributed by atoms with Gasteiger partial charge in [0.2, 0.25) is 0 Å². The van der Waals surface area contributed by atoms with Crippen molar-refractivity contribution in [2.75, 3.05) is 0 Å². The Kier molecular flexibility index (Phi) is 8.69. The van der Waals surface area contributed by atoms with Crippen molar-refractivity contribution in [1.82, 2.24) is 0 Å². The van der Waals surface area contributed by atoms with Gasteiger partial charge in [-0.25, -0.2) is 0 Å². The van der Waals surface area contributed by atoms with Gasteiger partial charge in [-0.3, -0.25) is 0 Å². The summed E-state index contributed by atoms with van der Waals surface area (Å²) >= 11 is 0. The van der Waals surface area contributed by atoms with Crippen molar-refractivity contribution in [3.63, 3.8) is 0 Å². The Morgan fingerprint density at radius 3 is 1.48 bits per heavy atom. The lowest BCUT2D eigenvalue weighted by molar-refractivity contribution is 0.475. The number of phenols is 2. The van der Waals surface area contributed by atoms with Crippen molar-refractivity contribution >= 4 is 0 Å². The summed E-state index contributed by atoms with van der Waals surface area (Å²) in [6.45, 7) is 4.25. The molecule has 0 aromatic heterocycles. The smallest absolute Gasteiger partial charge is 0.123 e. The summed E-state index contributed by atoms with van der Waals surface area (Å²) in [5.74, 6) is 0.649. The average molecular weight is 308 g/mol. The monoisotopic (exact) mass is 308 g/mol. The largest absolute Gasteiger partial charge is 0.508 e. The van der Waals surface area contributed by atoms with E-state index in [1.54, 1.807) is 30.3 Å². The minimum Gasteiger partial charge on any atom is -0.508 e. The maximum atomic E-state index is 9.56. The van der Waals surface area contributed by atoms with E-state index in [0.717, 1.165) is 11.1 Å². The van der Waals surface area contributed by atoms with Crippen molar-refractivity contribution in [1.29, 1.82) is 0 Å². The highest BCUT2D eigenvalue weighted by Crippen LogP contribution is 2.27. The average Bonchev–Trinajstić information content (AvgIpc) is 2.58. The molecule has 2 N–H and O–H groups in total. The zero-order valence-electron chi connectivity index (χ0n) is 13.7. The van der Waals surface area contributed by atoms with Crippen LogP contribution in [0, 0.1) is 0 Å². The lowest BCUT2D eigenvalue weighted by Crippen LogP contribution is -1.76. The van der Waals surface area contributed by atoms with E-state index in [2.05, 4.69) is 13.8 Å². The number of aromatic hydroxyl groups is 2. The number of rotatable bonds is 1. The fourth-order valence-electron chi connectivity index (χ4n) is 1.76. The van der Waals surface area contributed by atoms with E-state index >= 15 is 0 Å². The molecule has 2 nitrogen and oxygen atoms in total. The zero-order valence-corrected chi connectivity index (χ0v) is 13.7. The van der Waals surface area contributed by atoms with Crippen molar-refractivity contribution in [3.8, 4) is 22.6 Å². The number of benzene rings is 3. The Hall–Kier alpha value is -2.74. The highest BCUT2D eigenvalue weighted by Gasteiger charge is 2.00. The van der Waals surface area contributed by atoms with Crippen LogP contribution in [0.4, 0.5) is 0 Å². The molecule has 0 atom stereocenters. The first kappa shape index (κ1) is 18.3. The number of hydrogen-bond acceptors (Lipinski definition) is 2. The molecule has 0 saturated carbocycles. The summed E-state index contributed by atoms with van der Waals surface area (Å²) in [7, 11) is 0. The molecule has 2 heteroatoms. The molecule has 0 amide bonds. The second kappa shape index (κ2) is 10.9. The fraction of sp³-hybridized carbons (Fsp3) is 0.143. The van der Waals surface area contributed by atoms with Crippen molar-refractivity contribution in [2.24, 2.45) is 0 Å². The van der Waals surface area contributed by atoms with E-state index in [0.29, 0.717) is 11.5 Å². The van der Waals surface area contributed by atoms with Crippen molar-refractivity contribution < 1.29 is 10.2 Å². The molecule has 0 radical (unpaired) electrons. The molecule has 0 saturated heterocycles. The number of hydrogen-bond donors (Lipinski definition) is 2. The Labute approximate surface area is 138 Å². The Bertz CT molecular complexity index is 649. The molecule has 0 heterocycles. The second-order valence-corrected chi connectivity index (χ2v) is 4.93. The molecule has 3 rings (SSSR count). The Balaban J connectivity index is 0.000000223. The lowest BCUT2D eigenvalue weighted by atomic mass is 10.1. The molecule has 3 aromatic rings. The predicted octanol–water partition coefficient (Wildman–Crippen LogP) is 5.87. The molecule has 0 aliphatic heterocycles. The molecular weight excluding hydrogens is 284 g/mol. The van der Waals surface area contributed by atoms with Crippen LogP contribution in [-0.4, -0.2) is 10.2 Å². The summed E-state index contributed by atoms with van der Waals surface area (Å²) in [5, 5.41) is 18.2. The second-order valence-electron chi connectivity index (χ2n) is 4.93. The van der Waals surface area contributed by atoms with Gasteiger partial charge in [-0.1, -0.05) is 87.0 Å². The zero-order chi connectivity index (χ0) is 16.9. The molecule has 23 heavy (non-hydrogen) atoms. The summed E-state index contributed by atoms with van der Waals surface area (Å²) in [6.07, 6.45) is 1.25. The maximum Gasteiger partial charge on any atom is 0.123 e. The van der Waals surface area contributed by atoms with Crippen LogP contribution < -0.4 is 0 Å². The van der Waals surface area contributed by atoms with E-state index in [1.807, 2.05) is 54.6 Å². The fourth-order valence-corrected chi connectivity index (χ4v) is 1.76. The van der Waals surface area contributed by atoms with Crippen LogP contribution in [0.1, 0.15) is 20.3 Å². The van der Waals surface area contributed by atoms with Gasteiger partial charge < -0.3 is 10.2 Å². The standard InChI is InChI=1S/C12H10O.C6H6O.C3H8/c13-12-9-5-4-8-11(12)10-6-2-1-3-7-10;7-6-4-2-1-3-5-6;1-3-2/h1-9,13H;1-5,7H;3H2,1-2H3. The van der Waals surface area contributed by atoms with Crippen LogP contribution in [0.3, 0.4) is 0 Å². The van der Waals surface area contributed by atoms with Gasteiger partial charge in [0.05, 0.1) is 0 Å². The van der Waals surface area contributed by atoms with Crippen LogP contribution >= 0.6 is 0 Å². The van der Waals surface area contributed by atoms with Gasteiger partial charge in [-0.2, -0.15) is 0 Å². The van der Waals surface area contributed by atoms with Crippen LogP contribution in [-0.2, 0) is 0 Å². The first-order valence-corrected chi connectivity index (χ1v) is 7.76. The highest BCUT2D eigenvalue weighted by molar-refractivity contribution is 5.69. The third-order valence-corrected chi connectivity index (χ3v) is 2.75. The van der Waals surface area contributed by atoms with E-state index in [9.17, 15) is 5.11 Å². The van der Waals surface area contributed by atoms with Crippen LogP contribution in [0.2, 0.25) is 0 Å². The van der Waals surface area contributed by atoms with E-state index < -0.39 is 0 Å². The van der Waals surface area contributed by atoms with E-state index in [4.69, 9.17) is 5.11 Å². The van der Waals surface area contributed by atoms with Gasteiger partial charge in [0.15, 0.2) is 0 Å². The predicted molar refractivity (Wildman–Crippen MR) is 97.6 cm³/mol. The van der Waals surface area contributed by atoms with Crippen LogP contribution in [0.25, 0.3) is 11.1 Å². The number of phenolic OH excluding ortho intramolecular Hbond substituents is 2. The topological polar surface area (TPSA) is 40.5 Å². The van der Waals surface area contributed by atoms with Gasteiger partial charge in [0.1, 0.15) is 11.5 Å². The molecule has 0 spiro atoms. The minimum absolute atomic E-state index is 0.322. The molecule has 120 valence electrons. The highest BCUT2D eigenvalue weighted by atomic mass is 16.3. The Morgan fingerprint density at radius 2 is 1.04 bits per heavy atom. The van der Waals surface area contributed by atoms with E-state index in [1.165, 1.54) is 6.42 Å². The van der Waals surface area contributed by atoms with Gasteiger partial charge in [-0.05, 0) is 23.8 Å². The molecule has 3 aromatic carbocycles. The molecule has 0 unspecified atom stereocenters. The lowest BCUT2D eigenvalue weighted by Gasteiger charge is -2.02. The summed E-state index contributed by atoms with van der Waals surface area (Å²) in [4.78, 5) is 0. The summed E-state index contributed by atoms with van der Waals surface area (Å²) in [6, 6.07) is 25.9. The van der Waals surface area contributed by atoms with Gasteiger partial charge in [-0.15, -0.1) is 0 Å². The van der Waals surface area contributed by atoms with Crippen molar-refractivity contribution in [2.45, 2.75) is 20.3 Å². The molecule has 0 fully saturated rings. The maximum absolute atomic E-state index is 9.56. The summed E-state index contributed by atoms with van der Waals surface area (Å²) in [5.41, 5.74) is 1.92. The molecular formula is C21H24O2. The first-order chi connectivity index (χ1) is 11.2. The molecule has 0 bridgehead atoms. The quantitative estimate of drug-likeness (QED) is 0.590. The molecule has 0 aliphatic carbocycles. The van der Waals surface area contributed by atoms with Gasteiger partial charge in [0.25, 0.3) is 0 Å². The minimum atomic E-state index is 0.322.